The van der Waals surface area contributed by atoms with Crippen molar-refractivity contribution in [2.75, 3.05) is 32.8 Å². The van der Waals surface area contributed by atoms with Crippen molar-refractivity contribution in [3.63, 3.8) is 0 Å². The van der Waals surface area contributed by atoms with E-state index in [1.807, 2.05) is 0 Å². The zero-order chi connectivity index (χ0) is 18.7. The molecule has 0 bridgehead atoms. The lowest BCUT2D eigenvalue weighted by Gasteiger charge is -2.40. The van der Waals surface area contributed by atoms with E-state index >= 15 is 0 Å². The van der Waals surface area contributed by atoms with Gasteiger partial charge < -0.3 is 24.8 Å². The van der Waals surface area contributed by atoms with Crippen LogP contribution in [0.2, 0.25) is 0 Å². The summed E-state index contributed by atoms with van der Waals surface area (Å²) < 4.78 is 25.1. The lowest BCUT2D eigenvalue weighted by atomic mass is 9.90. The van der Waals surface area contributed by atoms with Crippen molar-refractivity contribution in [3.05, 3.63) is 29.6 Å². The van der Waals surface area contributed by atoms with Crippen LogP contribution in [0.5, 0.6) is 5.75 Å². The van der Waals surface area contributed by atoms with E-state index in [9.17, 15) is 19.1 Å². The van der Waals surface area contributed by atoms with Crippen LogP contribution in [0.3, 0.4) is 0 Å². The molecule has 1 aromatic carbocycles. The second kappa shape index (κ2) is 7.59. The SMILES string of the molecule is Cc1ccc(F)c(OC2(C(=O)O)CCN(C(=O)[C@@H]3CNCCO3)CC2)c1. The molecule has 0 aliphatic carbocycles. The Kier molecular flexibility index (Phi) is 5.43. The number of amides is 1. The standard InChI is InChI=1S/C18H23FN2O5/c1-12-2-3-13(19)14(10-12)26-18(17(23)24)4-7-21(8-5-18)16(22)15-11-20-6-9-25-15/h2-3,10,15,20H,4-9,11H2,1H3,(H,23,24)/t15-/m0/s1. The first-order valence-corrected chi connectivity index (χ1v) is 8.71. The van der Waals surface area contributed by atoms with E-state index in [0.717, 1.165) is 5.56 Å². The summed E-state index contributed by atoms with van der Waals surface area (Å²) in [5.74, 6) is -1.98. The van der Waals surface area contributed by atoms with Gasteiger partial charge in [0, 0.05) is 39.0 Å². The average Bonchev–Trinajstić information content (AvgIpc) is 2.65. The van der Waals surface area contributed by atoms with E-state index in [1.165, 1.54) is 12.1 Å². The summed E-state index contributed by atoms with van der Waals surface area (Å²) in [7, 11) is 0. The van der Waals surface area contributed by atoms with E-state index in [2.05, 4.69) is 5.32 Å². The Hall–Kier alpha value is -2.19. The molecule has 2 heterocycles. The van der Waals surface area contributed by atoms with Gasteiger partial charge in [0.15, 0.2) is 11.6 Å². The topological polar surface area (TPSA) is 88.1 Å². The summed E-state index contributed by atoms with van der Waals surface area (Å²) in [6.45, 7) is 3.85. The van der Waals surface area contributed by atoms with Crippen LogP contribution in [-0.2, 0) is 14.3 Å². The average molecular weight is 366 g/mol. The fraction of sp³-hybridized carbons (Fsp3) is 0.556. The molecule has 3 rings (SSSR count). The number of carbonyl (C=O) groups is 2. The first-order valence-electron chi connectivity index (χ1n) is 8.71. The maximum Gasteiger partial charge on any atom is 0.348 e. The number of ether oxygens (including phenoxy) is 2. The molecule has 0 unspecified atom stereocenters. The third kappa shape index (κ3) is 3.81. The molecule has 0 spiro atoms. The van der Waals surface area contributed by atoms with Gasteiger partial charge >= 0.3 is 5.97 Å². The van der Waals surface area contributed by atoms with Crippen LogP contribution in [0, 0.1) is 12.7 Å². The highest BCUT2D eigenvalue weighted by atomic mass is 19.1. The van der Waals surface area contributed by atoms with Gasteiger partial charge in [0.1, 0.15) is 6.10 Å². The van der Waals surface area contributed by atoms with Crippen LogP contribution in [0.15, 0.2) is 18.2 Å². The molecule has 8 heteroatoms. The predicted molar refractivity (Wildman–Crippen MR) is 90.6 cm³/mol. The lowest BCUT2D eigenvalue weighted by molar-refractivity contribution is -0.164. The number of benzene rings is 1. The van der Waals surface area contributed by atoms with Gasteiger partial charge in [0.05, 0.1) is 6.61 Å². The minimum Gasteiger partial charge on any atom is -0.478 e. The molecule has 26 heavy (non-hydrogen) atoms. The number of hydrogen-bond acceptors (Lipinski definition) is 5. The molecule has 2 aliphatic rings. The Morgan fingerprint density at radius 3 is 2.73 bits per heavy atom. The molecule has 142 valence electrons. The first kappa shape index (κ1) is 18.6. The van der Waals surface area contributed by atoms with Crippen LogP contribution >= 0.6 is 0 Å². The molecule has 2 saturated heterocycles. The van der Waals surface area contributed by atoms with Crippen molar-refractivity contribution < 1.29 is 28.6 Å². The molecular formula is C18H23FN2O5. The van der Waals surface area contributed by atoms with E-state index in [0.29, 0.717) is 19.7 Å². The van der Waals surface area contributed by atoms with Crippen LogP contribution < -0.4 is 10.1 Å². The van der Waals surface area contributed by atoms with Crippen molar-refractivity contribution >= 4 is 11.9 Å². The van der Waals surface area contributed by atoms with Gasteiger partial charge in [-0.15, -0.1) is 0 Å². The van der Waals surface area contributed by atoms with Crippen molar-refractivity contribution in [1.29, 1.82) is 0 Å². The number of hydrogen-bond donors (Lipinski definition) is 2. The van der Waals surface area contributed by atoms with Crippen LogP contribution in [0.4, 0.5) is 4.39 Å². The summed E-state index contributed by atoms with van der Waals surface area (Å²) in [4.78, 5) is 26.0. The second-order valence-electron chi connectivity index (χ2n) is 6.72. The smallest absolute Gasteiger partial charge is 0.348 e. The third-order valence-corrected chi connectivity index (χ3v) is 4.87. The minimum atomic E-state index is -1.54. The van der Waals surface area contributed by atoms with Gasteiger partial charge in [0.25, 0.3) is 5.91 Å². The summed E-state index contributed by atoms with van der Waals surface area (Å²) in [5, 5.41) is 12.8. The lowest BCUT2D eigenvalue weighted by Crippen LogP contribution is -2.57. The normalized spacial score (nSPS) is 22.7. The maximum absolute atomic E-state index is 14.0. The Balaban J connectivity index is 1.69. The van der Waals surface area contributed by atoms with E-state index in [1.54, 1.807) is 17.9 Å². The summed E-state index contributed by atoms with van der Waals surface area (Å²) in [6.07, 6.45) is -0.375. The van der Waals surface area contributed by atoms with Gasteiger partial charge in [-0.1, -0.05) is 6.07 Å². The van der Waals surface area contributed by atoms with Gasteiger partial charge in [-0.25, -0.2) is 9.18 Å². The van der Waals surface area contributed by atoms with Crippen LogP contribution in [-0.4, -0.2) is 66.4 Å². The summed E-state index contributed by atoms with van der Waals surface area (Å²) in [6, 6.07) is 4.33. The number of aryl methyl sites for hydroxylation is 1. The largest absolute Gasteiger partial charge is 0.478 e. The van der Waals surface area contributed by atoms with Gasteiger partial charge in [-0.2, -0.15) is 0 Å². The summed E-state index contributed by atoms with van der Waals surface area (Å²) in [5.41, 5.74) is -0.770. The number of piperidine rings is 1. The molecule has 1 atom stereocenters. The Labute approximate surface area is 151 Å². The molecule has 2 fully saturated rings. The van der Waals surface area contributed by atoms with Crippen LogP contribution in [0.1, 0.15) is 18.4 Å². The molecule has 0 aromatic heterocycles. The maximum atomic E-state index is 14.0. The summed E-state index contributed by atoms with van der Waals surface area (Å²) >= 11 is 0. The monoisotopic (exact) mass is 366 g/mol. The molecule has 1 amide bonds. The minimum absolute atomic E-state index is 0.0769. The molecule has 0 radical (unpaired) electrons. The molecular weight excluding hydrogens is 343 g/mol. The number of aliphatic carboxylic acids is 1. The number of likely N-dealkylation sites (tertiary alicyclic amines) is 1. The van der Waals surface area contributed by atoms with Crippen molar-refractivity contribution in [1.82, 2.24) is 10.2 Å². The number of morpholine rings is 1. The zero-order valence-corrected chi connectivity index (χ0v) is 14.7. The highest BCUT2D eigenvalue weighted by molar-refractivity contribution is 5.83. The van der Waals surface area contributed by atoms with Gasteiger partial charge in [-0.3, -0.25) is 4.79 Å². The van der Waals surface area contributed by atoms with E-state index < -0.39 is 23.5 Å². The molecule has 1 aromatic rings. The highest BCUT2D eigenvalue weighted by Crippen LogP contribution is 2.31. The van der Waals surface area contributed by atoms with Gasteiger partial charge in [-0.05, 0) is 24.6 Å². The molecule has 2 aliphatic heterocycles. The highest BCUT2D eigenvalue weighted by Gasteiger charge is 2.46. The number of nitrogens with zero attached hydrogens (tertiary/aromatic N) is 1. The number of halogens is 1. The number of rotatable bonds is 4. The molecule has 2 N–H and O–H groups in total. The predicted octanol–water partition coefficient (Wildman–Crippen LogP) is 0.947. The van der Waals surface area contributed by atoms with Crippen molar-refractivity contribution in [3.8, 4) is 5.75 Å². The van der Waals surface area contributed by atoms with Crippen molar-refractivity contribution in [2.24, 2.45) is 0 Å². The fourth-order valence-corrected chi connectivity index (χ4v) is 3.27. The number of carboxylic acid groups (broad SMARTS) is 1. The van der Waals surface area contributed by atoms with E-state index in [-0.39, 0.29) is 37.6 Å². The second-order valence-corrected chi connectivity index (χ2v) is 6.72. The number of carbonyl (C=O) groups excluding carboxylic acids is 1. The molecule has 7 nitrogen and oxygen atoms in total. The quantitative estimate of drug-likeness (QED) is 0.825. The first-order chi connectivity index (χ1) is 12.4. The third-order valence-electron chi connectivity index (χ3n) is 4.87. The van der Waals surface area contributed by atoms with Crippen LogP contribution in [0.25, 0.3) is 0 Å². The van der Waals surface area contributed by atoms with Crippen molar-refractivity contribution in [2.45, 2.75) is 31.5 Å². The fourth-order valence-electron chi connectivity index (χ4n) is 3.27. The number of nitrogens with one attached hydrogen (secondary N) is 1. The zero-order valence-electron chi connectivity index (χ0n) is 14.7. The number of carboxylic acids is 1. The van der Waals surface area contributed by atoms with Gasteiger partial charge in [0.2, 0.25) is 5.60 Å². The van der Waals surface area contributed by atoms with E-state index in [4.69, 9.17) is 9.47 Å². The molecule has 0 saturated carbocycles. The Morgan fingerprint density at radius 1 is 1.38 bits per heavy atom. The Bertz CT molecular complexity index is 682. The Morgan fingerprint density at radius 2 is 2.12 bits per heavy atom.